The fraction of sp³-hybridized carbons (Fsp3) is 0.348. The van der Waals surface area contributed by atoms with Crippen LogP contribution in [0.3, 0.4) is 0 Å². The molecule has 162 valence electrons. The van der Waals surface area contributed by atoms with Gasteiger partial charge in [-0.1, -0.05) is 24.3 Å². The summed E-state index contributed by atoms with van der Waals surface area (Å²) in [6.07, 6.45) is 1.19. The molecule has 3 heterocycles. The summed E-state index contributed by atoms with van der Waals surface area (Å²) in [5.41, 5.74) is 2.18. The molecule has 0 radical (unpaired) electrons. The number of thiazole rings is 1. The summed E-state index contributed by atoms with van der Waals surface area (Å²) in [6.45, 7) is 3.58. The molecule has 8 heteroatoms. The molecule has 3 aromatic rings. The molecule has 4 rings (SSSR count). The predicted octanol–water partition coefficient (Wildman–Crippen LogP) is 3.66. The maximum atomic E-state index is 12.5. The standard InChI is InChI=1S/C23H26N4O2S2/c28-21(24-11-10-18-17-31-23(25-18)20-7-4-16-30-20)8-9-22(29)27-14-12-26(13-15-27)19-5-2-1-3-6-19/h1-7,16-17H,8-15H2,(H,24,28). The summed E-state index contributed by atoms with van der Waals surface area (Å²) in [4.78, 5) is 34.6. The number of hydrogen-bond donors (Lipinski definition) is 1. The zero-order valence-corrected chi connectivity index (χ0v) is 19.0. The molecule has 0 atom stereocenters. The lowest BCUT2D eigenvalue weighted by Gasteiger charge is -2.36. The highest BCUT2D eigenvalue weighted by Crippen LogP contribution is 2.27. The van der Waals surface area contributed by atoms with Gasteiger partial charge in [-0.25, -0.2) is 4.98 Å². The van der Waals surface area contributed by atoms with Crippen molar-refractivity contribution in [2.75, 3.05) is 37.6 Å². The molecule has 1 aliphatic heterocycles. The zero-order valence-electron chi connectivity index (χ0n) is 17.3. The van der Waals surface area contributed by atoms with Crippen LogP contribution in [0, 0.1) is 0 Å². The quantitative estimate of drug-likeness (QED) is 0.564. The number of aromatic nitrogens is 1. The Balaban J connectivity index is 1.13. The number of nitrogens with one attached hydrogen (secondary N) is 1. The fourth-order valence-electron chi connectivity index (χ4n) is 3.59. The maximum absolute atomic E-state index is 12.5. The molecule has 0 unspecified atom stereocenters. The molecule has 1 saturated heterocycles. The molecule has 2 aromatic heterocycles. The third kappa shape index (κ3) is 5.92. The molecule has 1 aromatic carbocycles. The number of carbonyl (C=O) groups excluding carboxylic acids is 2. The molecule has 1 N–H and O–H groups in total. The lowest BCUT2D eigenvalue weighted by Crippen LogP contribution is -2.49. The second kappa shape index (κ2) is 10.5. The monoisotopic (exact) mass is 454 g/mol. The molecule has 1 fully saturated rings. The van der Waals surface area contributed by atoms with Crippen molar-refractivity contribution in [1.82, 2.24) is 15.2 Å². The first-order valence-corrected chi connectivity index (χ1v) is 12.3. The molecule has 2 amide bonds. The van der Waals surface area contributed by atoms with Gasteiger partial charge in [0.1, 0.15) is 5.01 Å². The molecule has 1 aliphatic rings. The van der Waals surface area contributed by atoms with Crippen LogP contribution in [0.5, 0.6) is 0 Å². The highest BCUT2D eigenvalue weighted by molar-refractivity contribution is 7.20. The predicted molar refractivity (Wildman–Crippen MR) is 127 cm³/mol. The second-order valence-electron chi connectivity index (χ2n) is 7.42. The van der Waals surface area contributed by atoms with Gasteiger partial charge in [0.05, 0.1) is 10.6 Å². The van der Waals surface area contributed by atoms with Gasteiger partial charge in [0.15, 0.2) is 0 Å². The molecule has 0 bridgehead atoms. The van der Waals surface area contributed by atoms with Crippen molar-refractivity contribution in [2.24, 2.45) is 0 Å². The van der Waals surface area contributed by atoms with Crippen LogP contribution in [0.4, 0.5) is 5.69 Å². The van der Waals surface area contributed by atoms with Gasteiger partial charge in [0.2, 0.25) is 11.8 Å². The lowest BCUT2D eigenvalue weighted by atomic mass is 10.2. The number of hydrogen-bond acceptors (Lipinski definition) is 6. The summed E-state index contributed by atoms with van der Waals surface area (Å²) in [6, 6.07) is 14.3. The van der Waals surface area contributed by atoms with Gasteiger partial charge >= 0.3 is 0 Å². The normalized spacial score (nSPS) is 13.9. The Morgan fingerprint density at radius 1 is 0.968 bits per heavy atom. The van der Waals surface area contributed by atoms with E-state index in [2.05, 4.69) is 33.4 Å². The van der Waals surface area contributed by atoms with E-state index < -0.39 is 0 Å². The largest absolute Gasteiger partial charge is 0.368 e. The van der Waals surface area contributed by atoms with Gasteiger partial charge < -0.3 is 15.1 Å². The first-order chi connectivity index (χ1) is 15.2. The van der Waals surface area contributed by atoms with Crippen LogP contribution in [-0.4, -0.2) is 54.4 Å². The van der Waals surface area contributed by atoms with Crippen LogP contribution in [0.25, 0.3) is 9.88 Å². The van der Waals surface area contributed by atoms with E-state index in [1.54, 1.807) is 22.7 Å². The summed E-state index contributed by atoms with van der Waals surface area (Å²) < 4.78 is 0. The van der Waals surface area contributed by atoms with Gasteiger partial charge in [0.25, 0.3) is 0 Å². The van der Waals surface area contributed by atoms with E-state index in [1.165, 1.54) is 10.6 Å². The molecule has 0 saturated carbocycles. The number of amides is 2. The van der Waals surface area contributed by atoms with Crippen LogP contribution in [0.1, 0.15) is 18.5 Å². The average Bonchev–Trinajstić information content (AvgIpc) is 3.50. The van der Waals surface area contributed by atoms with E-state index in [0.717, 1.165) is 23.8 Å². The minimum absolute atomic E-state index is 0.0583. The molecule has 6 nitrogen and oxygen atoms in total. The molecular weight excluding hydrogens is 428 g/mol. The van der Waals surface area contributed by atoms with Crippen LogP contribution in [0.2, 0.25) is 0 Å². The van der Waals surface area contributed by atoms with E-state index in [4.69, 9.17) is 0 Å². The first-order valence-electron chi connectivity index (χ1n) is 10.5. The second-order valence-corrected chi connectivity index (χ2v) is 9.23. The van der Waals surface area contributed by atoms with Crippen molar-refractivity contribution in [3.63, 3.8) is 0 Å². The van der Waals surface area contributed by atoms with Crippen molar-refractivity contribution < 1.29 is 9.59 Å². The molecule has 0 spiro atoms. The molecule has 0 aliphatic carbocycles. The lowest BCUT2D eigenvalue weighted by molar-refractivity contribution is -0.133. The summed E-state index contributed by atoms with van der Waals surface area (Å²) in [5.74, 6) is -0.0204. The minimum Gasteiger partial charge on any atom is -0.368 e. The SMILES string of the molecule is O=C(CCC(=O)N1CCN(c2ccccc2)CC1)NCCc1csc(-c2cccs2)n1. The minimum atomic E-state index is -0.0787. The number of para-hydroxylation sites is 1. The molecule has 31 heavy (non-hydrogen) atoms. The van der Waals surface area contributed by atoms with Gasteiger partial charge in [0, 0.05) is 63.1 Å². The summed E-state index contributed by atoms with van der Waals surface area (Å²) in [7, 11) is 0. The van der Waals surface area contributed by atoms with Gasteiger partial charge in [-0.05, 0) is 23.6 Å². The van der Waals surface area contributed by atoms with Gasteiger partial charge in [-0.3, -0.25) is 9.59 Å². The third-order valence-corrected chi connectivity index (χ3v) is 7.24. The Kier molecular flexibility index (Phi) is 7.32. The Hall–Kier alpha value is -2.71. The highest BCUT2D eigenvalue weighted by atomic mass is 32.1. The third-order valence-electron chi connectivity index (χ3n) is 5.31. The van der Waals surface area contributed by atoms with Crippen molar-refractivity contribution in [2.45, 2.75) is 19.3 Å². The summed E-state index contributed by atoms with van der Waals surface area (Å²) in [5, 5.41) is 8.02. The van der Waals surface area contributed by atoms with Crippen molar-refractivity contribution >= 4 is 40.2 Å². The van der Waals surface area contributed by atoms with Crippen molar-refractivity contribution in [3.8, 4) is 9.88 Å². The molecular formula is C23H26N4O2S2. The number of benzene rings is 1. The number of anilines is 1. The number of nitrogens with zero attached hydrogens (tertiary/aromatic N) is 3. The van der Waals surface area contributed by atoms with E-state index in [-0.39, 0.29) is 24.7 Å². The van der Waals surface area contributed by atoms with E-state index in [1.807, 2.05) is 39.9 Å². The summed E-state index contributed by atoms with van der Waals surface area (Å²) >= 11 is 3.31. The smallest absolute Gasteiger partial charge is 0.223 e. The van der Waals surface area contributed by atoms with Crippen LogP contribution < -0.4 is 10.2 Å². The number of piperazine rings is 1. The van der Waals surface area contributed by atoms with Gasteiger partial charge in [-0.15, -0.1) is 22.7 Å². The number of carbonyl (C=O) groups is 2. The van der Waals surface area contributed by atoms with E-state index in [9.17, 15) is 9.59 Å². The van der Waals surface area contributed by atoms with E-state index in [0.29, 0.717) is 26.1 Å². The van der Waals surface area contributed by atoms with Crippen molar-refractivity contribution in [3.05, 3.63) is 58.9 Å². The first kappa shape index (κ1) is 21.5. The van der Waals surface area contributed by atoms with Gasteiger partial charge in [-0.2, -0.15) is 0 Å². The topological polar surface area (TPSA) is 65.5 Å². The zero-order chi connectivity index (χ0) is 21.5. The number of thiophene rings is 1. The van der Waals surface area contributed by atoms with Crippen LogP contribution >= 0.6 is 22.7 Å². The average molecular weight is 455 g/mol. The highest BCUT2D eigenvalue weighted by Gasteiger charge is 2.21. The van der Waals surface area contributed by atoms with Crippen molar-refractivity contribution in [1.29, 1.82) is 0 Å². The van der Waals surface area contributed by atoms with Crippen LogP contribution in [-0.2, 0) is 16.0 Å². The van der Waals surface area contributed by atoms with E-state index >= 15 is 0 Å². The Labute approximate surface area is 190 Å². The van der Waals surface area contributed by atoms with Crippen LogP contribution in [0.15, 0.2) is 53.2 Å². The fourth-order valence-corrected chi connectivity index (χ4v) is 5.25. The number of rotatable bonds is 8. The Morgan fingerprint density at radius 3 is 2.52 bits per heavy atom. The maximum Gasteiger partial charge on any atom is 0.223 e. The Morgan fingerprint density at radius 2 is 1.77 bits per heavy atom. The Bertz CT molecular complexity index is 980.